The van der Waals surface area contributed by atoms with E-state index < -0.39 is 10.0 Å². The number of Topliss-reactive ketones (excluding diaryl/α,β-unsaturated/α-hetero) is 1. The second-order valence-corrected chi connectivity index (χ2v) is 9.21. The summed E-state index contributed by atoms with van der Waals surface area (Å²) in [6.07, 6.45) is 2.62. The molecule has 2 heterocycles. The van der Waals surface area contributed by atoms with E-state index in [9.17, 15) is 13.2 Å². The molecular formula is C20H20N4O3S2. The number of primary sulfonamides is 1. The van der Waals surface area contributed by atoms with E-state index in [1.165, 1.54) is 23.9 Å². The number of nitrogens with one attached hydrogen (secondary N) is 1. The number of thioether (sulfide) groups is 1. The first-order valence-electron chi connectivity index (χ1n) is 9.13. The molecule has 0 saturated heterocycles. The highest BCUT2D eigenvalue weighted by Gasteiger charge is 2.17. The molecule has 0 spiro atoms. The first-order valence-corrected chi connectivity index (χ1v) is 11.7. The van der Waals surface area contributed by atoms with Gasteiger partial charge in [-0.3, -0.25) is 4.79 Å². The second kappa shape index (κ2) is 7.66. The predicted octanol–water partition coefficient (Wildman–Crippen LogP) is 3.55. The van der Waals surface area contributed by atoms with Crippen molar-refractivity contribution in [1.29, 1.82) is 0 Å². The van der Waals surface area contributed by atoms with Crippen LogP contribution in [0, 0.1) is 0 Å². The second-order valence-electron chi connectivity index (χ2n) is 6.70. The number of carbonyl (C=O) groups excluding carboxylic acids is 1. The maximum absolute atomic E-state index is 12.8. The minimum absolute atomic E-state index is 0.00720. The smallest absolute Gasteiger partial charge is 0.238 e. The van der Waals surface area contributed by atoms with Gasteiger partial charge in [0.05, 0.1) is 21.7 Å². The van der Waals surface area contributed by atoms with Crippen LogP contribution < -0.4 is 5.14 Å². The lowest BCUT2D eigenvalue weighted by Crippen LogP contribution is -2.11. The van der Waals surface area contributed by atoms with Gasteiger partial charge in [-0.2, -0.15) is 0 Å². The molecule has 0 atom stereocenters. The number of rotatable bonds is 7. The van der Waals surface area contributed by atoms with E-state index in [1.54, 1.807) is 12.3 Å². The lowest BCUT2D eigenvalue weighted by atomic mass is 10.1. The number of H-pyrrole nitrogens is 1. The van der Waals surface area contributed by atoms with Gasteiger partial charge in [-0.05, 0) is 30.7 Å². The molecule has 0 fully saturated rings. The fraction of sp³-hybridized carbons (Fsp3) is 0.200. The predicted molar refractivity (Wildman–Crippen MR) is 115 cm³/mol. The van der Waals surface area contributed by atoms with Gasteiger partial charge in [0, 0.05) is 29.2 Å². The molecule has 0 radical (unpaired) electrons. The number of benzene rings is 2. The van der Waals surface area contributed by atoms with Gasteiger partial charge in [0.1, 0.15) is 0 Å². The molecule has 0 bridgehead atoms. The number of fused-ring (bicyclic) bond motifs is 2. The third kappa shape index (κ3) is 3.81. The van der Waals surface area contributed by atoms with Crippen molar-refractivity contribution in [3.05, 3.63) is 54.2 Å². The Morgan fingerprint density at radius 1 is 1.24 bits per heavy atom. The Kier molecular flexibility index (Phi) is 5.20. The van der Waals surface area contributed by atoms with Gasteiger partial charge in [-0.25, -0.2) is 18.5 Å². The number of aryl methyl sites for hydroxylation is 1. The van der Waals surface area contributed by atoms with E-state index in [4.69, 9.17) is 5.14 Å². The average Bonchev–Trinajstić information content (AvgIpc) is 3.27. The SMILES string of the molecule is CCCn1c(SCC(=O)c2c[nH]c3ccccc23)nc2cc(S(N)(=O)=O)ccc21. The topological polar surface area (TPSA) is 111 Å². The Labute approximate surface area is 172 Å². The number of ketones is 1. The van der Waals surface area contributed by atoms with Gasteiger partial charge in [-0.1, -0.05) is 36.9 Å². The molecule has 7 nitrogen and oxygen atoms in total. The average molecular weight is 429 g/mol. The number of hydrogen-bond donors (Lipinski definition) is 2. The van der Waals surface area contributed by atoms with Crippen LogP contribution in [0.1, 0.15) is 23.7 Å². The van der Waals surface area contributed by atoms with Crippen LogP contribution in [-0.2, 0) is 16.6 Å². The molecule has 0 aliphatic carbocycles. The molecular weight excluding hydrogens is 408 g/mol. The first-order chi connectivity index (χ1) is 13.9. The Morgan fingerprint density at radius 3 is 2.79 bits per heavy atom. The molecule has 0 unspecified atom stereocenters. The molecule has 4 rings (SSSR count). The van der Waals surface area contributed by atoms with E-state index in [2.05, 4.69) is 16.9 Å². The maximum Gasteiger partial charge on any atom is 0.238 e. The summed E-state index contributed by atoms with van der Waals surface area (Å²) >= 11 is 1.35. The summed E-state index contributed by atoms with van der Waals surface area (Å²) in [6.45, 7) is 2.77. The number of aromatic nitrogens is 3. The normalized spacial score (nSPS) is 12.1. The first kappa shape index (κ1) is 19.7. The Bertz CT molecular complexity index is 1320. The number of sulfonamides is 1. The Morgan fingerprint density at radius 2 is 2.03 bits per heavy atom. The van der Waals surface area contributed by atoms with Crippen molar-refractivity contribution in [2.75, 3.05) is 5.75 Å². The molecule has 2 aromatic carbocycles. The van der Waals surface area contributed by atoms with Gasteiger partial charge in [0.15, 0.2) is 10.9 Å². The van der Waals surface area contributed by atoms with E-state index in [0.29, 0.717) is 16.2 Å². The molecule has 3 N–H and O–H groups in total. The zero-order valence-corrected chi connectivity index (χ0v) is 17.4. The van der Waals surface area contributed by atoms with E-state index in [-0.39, 0.29) is 16.4 Å². The number of nitrogens with zero attached hydrogens (tertiary/aromatic N) is 2. The van der Waals surface area contributed by atoms with Gasteiger partial charge < -0.3 is 9.55 Å². The van der Waals surface area contributed by atoms with Crippen LogP contribution in [0.25, 0.3) is 21.9 Å². The van der Waals surface area contributed by atoms with Crippen molar-refractivity contribution in [3.63, 3.8) is 0 Å². The molecule has 0 aliphatic rings. The van der Waals surface area contributed by atoms with Crippen molar-refractivity contribution >= 4 is 49.5 Å². The summed E-state index contributed by atoms with van der Waals surface area (Å²) in [5, 5.41) is 6.82. The fourth-order valence-corrected chi connectivity index (χ4v) is 4.78. The lowest BCUT2D eigenvalue weighted by molar-refractivity contribution is 0.102. The van der Waals surface area contributed by atoms with Crippen LogP contribution >= 0.6 is 11.8 Å². The third-order valence-electron chi connectivity index (χ3n) is 4.68. The Hall–Kier alpha value is -2.62. The van der Waals surface area contributed by atoms with Crippen LogP contribution in [0.3, 0.4) is 0 Å². The lowest BCUT2D eigenvalue weighted by Gasteiger charge is -2.07. The zero-order valence-electron chi connectivity index (χ0n) is 15.8. The van der Waals surface area contributed by atoms with Crippen LogP contribution in [0.4, 0.5) is 0 Å². The largest absolute Gasteiger partial charge is 0.360 e. The van der Waals surface area contributed by atoms with E-state index in [0.717, 1.165) is 29.4 Å². The summed E-state index contributed by atoms with van der Waals surface area (Å²) in [7, 11) is -3.80. The van der Waals surface area contributed by atoms with Crippen molar-refractivity contribution in [1.82, 2.24) is 14.5 Å². The highest BCUT2D eigenvalue weighted by atomic mass is 32.2. The van der Waals surface area contributed by atoms with Gasteiger partial charge in [0.2, 0.25) is 10.0 Å². The fourth-order valence-electron chi connectivity index (χ4n) is 3.32. The minimum atomic E-state index is -3.80. The van der Waals surface area contributed by atoms with Crippen LogP contribution in [0.5, 0.6) is 0 Å². The molecule has 4 aromatic rings. The molecule has 0 aliphatic heterocycles. The molecule has 0 saturated carbocycles. The van der Waals surface area contributed by atoms with E-state index in [1.807, 2.05) is 28.8 Å². The standard InChI is InChI=1S/C20H20N4O3S2/c1-2-9-24-18-8-7-13(29(21,26)27)10-17(18)23-20(24)28-12-19(25)15-11-22-16-6-4-3-5-14(15)16/h3-8,10-11,22H,2,9,12H2,1H3,(H2,21,26,27). The summed E-state index contributed by atoms with van der Waals surface area (Å²) in [6, 6.07) is 12.4. The van der Waals surface area contributed by atoms with Crippen molar-refractivity contribution in [2.45, 2.75) is 29.9 Å². The highest BCUT2D eigenvalue weighted by Crippen LogP contribution is 2.28. The summed E-state index contributed by atoms with van der Waals surface area (Å²) in [4.78, 5) is 20.5. The summed E-state index contributed by atoms with van der Waals surface area (Å²) in [5.74, 6) is 0.240. The number of hydrogen-bond acceptors (Lipinski definition) is 5. The number of imidazole rings is 1. The molecule has 0 amide bonds. The quantitative estimate of drug-likeness (QED) is 0.345. The van der Waals surface area contributed by atoms with Crippen molar-refractivity contribution in [2.24, 2.45) is 5.14 Å². The Balaban J connectivity index is 1.64. The summed E-state index contributed by atoms with van der Waals surface area (Å²) in [5.41, 5.74) is 2.95. The zero-order chi connectivity index (χ0) is 20.6. The van der Waals surface area contributed by atoms with Crippen LogP contribution in [-0.4, -0.2) is 34.5 Å². The monoisotopic (exact) mass is 428 g/mol. The molecule has 2 aromatic heterocycles. The van der Waals surface area contributed by atoms with Crippen LogP contribution in [0.2, 0.25) is 0 Å². The van der Waals surface area contributed by atoms with Gasteiger partial charge in [0.25, 0.3) is 0 Å². The van der Waals surface area contributed by atoms with Gasteiger partial charge in [-0.15, -0.1) is 0 Å². The van der Waals surface area contributed by atoms with E-state index >= 15 is 0 Å². The number of nitrogens with two attached hydrogens (primary N) is 1. The molecule has 29 heavy (non-hydrogen) atoms. The third-order valence-corrected chi connectivity index (χ3v) is 6.57. The number of aromatic amines is 1. The maximum atomic E-state index is 12.8. The minimum Gasteiger partial charge on any atom is -0.360 e. The summed E-state index contributed by atoms with van der Waals surface area (Å²) < 4.78 is 25.3. The van der Waals surface area contributed by atoms with Crippen molar-refractivity contribution < 1.29 is 13.2 Å². The van der Waals surface area contributed by atoms with Crippen LogP contribution in [0.15, 0.2) is 58.7 Å². The highest BCUT2D eigenvalue weighted by molar-refractivity contribution is 7.99. The molecule has 9 heteroatoms. The molecule has 150 valence electrons. The number of para-hydroxylation sites is 1. The number of carbonyl (C=O) groups is 1. The van der Waals surface area contributed by atoms with Crippen molar-refractivity contribution in [3.8, 4) is 0 Å². The van der Waals surface area contributed by atoms with Gasteiger partial charge >= 0.3 is 0 Å².